The maximum Gasteiger partial charge on any atom is 0.251 e. The molecule has 0 aliphatic rings. The van der Waals surface area contributed by atoms with Gasteiger partial charge in [-0.2, -0.15) is 0 Å². The first-order valence-electron chi connectivity index (χ1n) is 6.77. The predicted molar refractivity (Wildman–Crippen MR) is 84.6 cm³/mol. The van der Waals surface area contributed by atoms with Crippen LogP contribution in [0, 0.1) is 0 Å². The molecule has 0 atom stereocenters. The molecular formula is C17H13ClN2O2. The molecule has 0 fully saturated rings. The van der Waals surface area contributed by atoms with Crippen molar-refractivity contribution in [3.05, 3.63) is 77.0 Å². The van der Waals surface area contributed by atoms with E-state index < -0.39 is 0 Å². The molecule has 0 saturated carbocycles. The van der Waals surface area contributed by atoms with Crippen molar-refractivity contribution in [2.75, 3.05) is 0 Å². The second kappa shape index (κ2) is 6.45. The number of benzene rings is 2. The summed E-state index contributed by atoms with van der Waals surface area (Å²) in [5.74, 6) is 0.444. The fourth-order valence-corrected chi connectivity index (χ4v) is 2.14. The van der Waals surface area contributed by atoms with Gasteiger partial charge in [0.15, 0.2) is 5.76 Å². The summed E-state index contributed by atoms with van der Waals surface area (Å²) in [6.07, 6.45) is 0. The van der Waals surface area contributed by atoms with Crippen molar-refractivity contribution in [3.63, 3.8) is 0 Å². The molecule has 0 bridgehead atoms. The molecule has 5 heteroatoms. The van der Waals surface area contributed by atoms with Crippen molar-refractivity contribution >= 4 is 17.5 Å². The van der Waals surface area contributed by atoms with Crippen LogP contribution in [-0.2, 0) is 6.54 Å². The zero-order valence-electron chi connectivity index (χ0n) is 11.6. The minimum Gasteiger partial charge on any atom is -0.359 e. The summed E-state index contributed by atoms with van der Waals surface area (Å²) in [5, 5.41) is 7.46. The summed E-state index contributed by atoms with van der Waals surface area (Å²) in [6, 6.07) is 18.2. The first-order chi connectivity index (χ1) is 10.7. The van der Waals surface area contributed by atoms with E-state index in [4.69, 9.17) is 16.1 Å². The Morgan fingerprint density at radius 2 is 1.82 bits per heavy atom. The number of nitrogens with zero attached hydrogens (tertiary/aromatic N) is 1. The van der Waals surface area contributed by atoms with Crippen LogP contribution in [0.25, 0.3) is 11.3 Å². The Morgan fingerprint density at radius 3 is 2.55 bits per heavy atom. The molecule has 0 radical (unpaired) electrons. The quantitative estimate of drug-likeness (QED) is 0.794. The van der Waals surface area contributed by atoms with Gasteiger partial charge in [0.2, 0.25) is 0 Å². The van der Waals surface area contributed by atoms with Crippen molar-refractivity contribution < 1.29 is 9.32 Å². The van der Waals surface area contributed by atoms with Crippen LogP contribution in [0.4, 0.5) is 0 Å². The van der Waals surface area contributed by atoms with E-state index in [2.05, 4.69) is 10.5 Å². The van der Waals surface area contributed by atoms with Gasteiger partial charge in [0.1, 0.15) is 5.69 Å². The minimum atomic E-state index is -0.148. The number of hydrogen-bond donors (Lipinski definition) is 1. The third-order valence-corrected chi connectivity index (χ3v) is 3.41. The van der Waals surface area contributed by atoms with Crippen molar-refractivity contribution in [2.45, 2.75) is 6.54 Å². The SMILES string of the molecule is O=C(NCc1cc(-c2ccc(Cl)cc2)no1)c1ccccc1. The van der Waals surface area contributed by atoms with E-state index in [1.165, 1.54) is 0 Å². The molecule has 1 N–H and O–H groups in total. The van der Waals surface area contributed by atoms with Gasteiger partial charge in [0, 0.05) is 22.2 Å². The van der Waals surface area contributed by atoms with Gasteiger partial charge in [-0.05, 0) is 24.3 Å². The van der Waals surface area contributed by atoms with E-state index in [0.717, 1.165) is 5.56 Å². The third kappa shape index (κ3) is 3.35. The van der Waals surface area contributed by atoms with E-state index in [1.54, 1.807) is 30.3 Å². The molecule has 22 heavy (non-hydrogen) atoms. The molecule has 3 rings (SSSR count). The van der Waals surface area contributed by atoms with E-state index in [1.807, 2.05) is 30.3 Å². The number of rotatable bonds is 4. The summed E-state index contributed by atoms with van der Waals surface area (Å²) in [6.45, 7) is 0.286. The van der Waals surface area contributed by atoms with Crippen LogP contribution in [0.1, 0.15) is 16.1 Å². The fraction of sp³-hybridized carbons (Fsp3) is 0.0588. The predicted octanol–water partition coefficient (Wildman–Crippen LogP) is 3.93. The highest BCUT2D eigenvalue weighted by molar-refractivity contribution is 6.30. The number of carbonyl (C=O) groups excluding carboxylic acids is 1. The van der Waals surface area contributed by atoms with Gasteiger partial charge in [0.25, 0.3) is 5.91 Å². The van der Waals surface area contributed by atoms with Crippen molar-refractivity contribution in [1.29, 1.82) is 0 Å². The number of amides is 1. The Balaban J connectivity index is 1.65. The lowest BCUT2D eigenvalue weighted by Gasteiger charge is -2.01. The first-order valence-corrected chi connectivity index (χ1v) is 7.15. The number of carbonyl (C=O) groups is 1. The van der Waals surface area contributed by atoms with Crippen molar-refractivity contribution in [1.82, 2.24) is 10.5 Å². The zero-order chi connectivity index (χ0) is 15.4. The highest BCUT2D eigenvalue weighted by Gasteiger charge is 2.09. The molecule has 3 aromatic rings. The average Bonchev–Trinajstić information content (AvgIpc) is 3.03. The molecule has 110 valence electrons. The maximum atomic E-state index is 11.9. The lowest BCUT2D eigenvalue weighted by Crippen LogP contribution is -2.22. The molecule has 1 aromatic heterocycles. The molecule has 1 amide bonds. The topological polar surface area (TPSA) is 55.1 Å². The van der Waals surface area contributed by atoms with Gasteiger partial charge in [-0.3, -0.25) is 4.79 Å². The Hall–Kier alpha value is -2.59. The summed E-state index contributed by atoms with van der Waals surface area (Å²) >= 11 is 5.86. The second-order valence-electron chi connectivity index (χ2n) is 4.73. The summed E-state index contributed by atoms with van der Waals surface area (Å²) < 4.78 is 5.24. The van der Waals surface area contributed by atoms with Gasteiger partial charge in [0.05, 0.1) is 6.54 Å². The number of aromatic nitrogens is 1. The fourth-order valence-electron chi connectivity index (χ4n) is 2.01. The normalized spacial score (nSPS) is 10.4. The van der Waals surface area contributed by atoms with Crippen LogP contribution in [-0.4, -0.2) is 11.1 Å². The molecule has 1 heterocycles. The molecule has 0 aliphatic heterocycles. The van der Waals surface area contributed by atoms with Crippen LogP contribution < -0.4 is 5.32 Å². The van der Waals surface area contributed by atoms with Crippen molar-refractivity contribution in [2.24, 2.45) is 0 Å². The number of hydrogen-bond acceptors (Lipinski definition) is 3. The highest BCUT2D eigenvalue weighted by atomic mass is 35.5. The molecule has 0 saturated heterocycles. The lowest BCUT2D eigenvalue weighted by molar-refractivity contribution is 0.0947. The third-order valence-electron chi connectivity index (χ3n) is 3.16. The van der Waals surface area contributed by atoms with Gasteiger partial charge in [-0.1, -0.05) is 47.1 Å². The smallest absolute Gasteiger partial charge is 0.251 e. The van der Waals surface area contributed by atoms with E-state index in [9.17, 15) is 4.79 Å². The molecule has 2 aromatic carbocycles. The number of nitrogens with one attached hydrogen (secondary N) is 1. The van der Waals surface area contributed by atoms with Crippen LogP contribution in [0.5, 0.6) is 0 Å². The monoisotopic (exact) mass is 312 g/mol. The van der Waals surface area contributed by atoms with Crippen LogP contribution in [0.15, 0.2) is 65.2 Å². The van der Waals surface area contributed by atoms with Gasteiger partial charge in [-0.15, -0.1) is 0 Å². The molecular weight excluding hydrogens is 300 g/mol. The van der Waals surface area contributed by atoms with Crippen molar-refractivity contribution in [3.8, 4) is 11.3 Å². The summed E-state index contributed by atoms with van der Waals surface area (Å²) in [7, 11) is 0. The van der Waals surface area contributed by atoms with Gasteiger partial charge >= 0.3 is 0 Å². The first kappa shape index (κ1) is 14.4. The zero-order valence-corrected chi connectivity index (χ0v) is 12.4. The molecule has 0 spiro atoms. The van der Waals surface area contributed by atoms with E-state index in [0.29, 0.717) is 22.0 Å². The second-order valence-corrected chi connectivity index (χ2v) is 5.17. The Kier molecular flexibility index (Phi) is 4.21. The molecule has 4 nitrogen and oxygen atoms in total. The number of halogens is 1. The van der Waals surface area contributed by atoms with Crippen LogP contribution in [0.3, 0.4) is 0 Å². The van der Waals surface area contributed by atoms with E-state index in [-0.39, 0.29) is 12.5 Å². The van der Waals surface area contributed by atoms with Gasteiger partial charge < -0.3 is 9.84 Å². The minimum absolute atomic E-state index is 0.148. The Morgan fingerprint density at radius 1 is 1.09 bits per heavy atom. The summed E-state index contributed by atoms with van der Waals surface area (Å²) in [5.41, 5.74) is 2.23. The van der Waals surface area contributed by atoms with E-state index >= 15 is 0 Å². The Labute approximate surface area is 132 Å². The maximum absolute atomic E-state index is 11.9. The highest BCUT2D eigenvalue weighted by Crippen LogP contribution is 2.21. The standard InChI is InChI=1S/C17H13ClN2O2/c18-14-8-6-12(7-9-14)16-10-15(22-20-16)11-19-17(21)13-4-2-1-3-5-13/h1-10H,11H2,(H,19,21). The largest absolute Gasteiger partial charge is 0.359 e. The molecule has 0 unspecified atom stereocenters. The van der Waals surface area contributed by atoms with Crippen LogP contribution >= 0.6 is 11.6 Å². The lowest BCUT2D eigenvalue weighted by atomic mass is 10.1. The Bertz CT molecular complexity index is 767. The van der Waals surface area contributed by atoms with Gasteiger partial charge in [-0.25, -0.2) is 0 Å². The average molecular weight is 313 g/mol. The van der Waals surface area contributed by atoms with Crippen LogP contribution in [0.2, 0.25) is 5.02 Å². The molecule has 0 aliphatic carbocycles. The summed E-state index contributed by atoms with van der Waals surface area (Å²) in [4.78, 5) is 11.9.